The van der Waals surface area contributed by atoms with Crippen molar-refractivity contribution in [2.75, 3.05) is 6.54 Å². The topological polar surface area (TPSA) is 37.4 Å². The zero-order valence-electron chi connectivity index (χ0n) is 17.9. The number of likely N-dealkylation sites (tertiary alicyclic amines) is 1. The average molecular weight is 396 g/mol. The predicted octanol–water partition coefficient (Wildman–Crippen LogP) is 5.81. The molecule has 1 saturated heterocycles. The molecule has 158 valence electrons. The number of Topliss-reactive ketones (excluding diaryl/α,β-unsaturated/α-hetero) is 1. The summed E-state index contributed by atoms with van der Waals surface area (Å²) in [6, 6.07) is 10.9. The second kappa shape index (κ2) is 9.45. The van der Waals surface area contributed by atoms with Crippen LogP contribution >= 0.6 is 0 Å². The number of fused-ring (bicyclic) bond motifs is 1. The van der Waals surface area contributed by atoms with Crippen LogP contribution in [0, 0.1) is 5.92 Å². The lowest BCUT2D eigenvalue weighted by molar-refractivity contribution is -0.137. The van der Waals surface area contributed by atoms with Gasteiger partial charge in [-0.2, -0.15) is 0 Å². The molecule has 2 unspecified atom stereocenters. The molecule has 0 spiro atoms. The van der Waals surface area contributed by atoms with Crippen LogP contribution in [-0.2, 0) is 15.0 Å². The Morgan fingerprint density at radius 1 is 0.862 bits per heavy atom. The molecule has 0 N–H and O–H groups in total. The minimum Gasteiger partial charge on any atom is -0.339 e. The lowest BCUT2D eigenvalue weighted by Crippen LogP contribution is -2.49. The number of rotatable bonds is 6. The predicted molar refractivity (Wildman–Crippen MR) is 117 cm³/mol. The molecule has 1 amide bonds. The maximum atomic E-state index is 13.4. The zero-order valence-corrected chi connectivity index (χ0v) is 17.9. The summed E-state index contributed by atoms with van der Waals surface area (Å²) in [6.07, 6.45) is 14.8. The van der Waals surface area contributed by atoms with Crippen LogP contribution in [0.15, 0.2) is 30.3 Å². The van der Waals surface area contributed by atoms with Crippen LogP contribution in [0.1, 0.15) is 95.5 Å². The molecular formula is C26H37NO2. The first kappa shape index (κ1) is 20.6. The third-order valence-electron chi connectivity index (χ3n) is 7.93. The van der Waals surface area contributed by atoms with Crippen molar-refractivity contribution in [1.82, 2.24) is 4.90 Å². The first-order chi connectivity index (χ1) is 14.2. The molecule has 2 saturated carbocycles. The maximum Gasteiger partial charge on any atom is 0.222 e. The number of hydrogen-bond acceptors (Lipinski definition) is 2. The molecule has 0 aromatic heterocycles. The van der Waals surface area contributed by atoms with Crippen LogP contribution in [0.3, 0.4) is 0 Å². The molecule has 1 aromatic carbocycles. The molecular weight excluding hydrogens is 358 g/mol. The Balaban J connectivity index is 1.35. The lowest BCUT2D eigenvalue weighted by Gasteiger charge is -2.44. The van der Waals surface area contributed by atoms with Gasteiger partial charge in [0.25, 0.3) is 0 Å². The first-order valence-electron chi connectivity index (χ1n) is 12.1. The lowest BCUT2D eigenvalue weighted by atomic mass is 9.66. The van der Waals surface area contributed by atoms with Crippen molar-refractivity contribution in [2.24, 2.45) is 5.92 Å². The van der Waals surface area contributed by atoms with Crippen LogP contribution in [0.5, 0.6) is 0 Å². The van der Waals surface area contributed by atoms with E-state index in [1.54, 1.807) is 0 Å². The molecule has 29 heavy (non-hydrogen) atoms. The van der Waals surface area contributed by atoms with Gasteiger partial charge in [-0.05, 0) is 56.4 Å². The number of carbonyl (C=O) groups is 2. The van der Waals surface area contributed by atoms with Crippen molar-refractivity contribution in [2.45, 2.75) is 101 Å². The number of benzene rings is 1. The Kier molecular flexibility index (Phi) is 6.72. The van der Waals surface area contributed by atoms with Crippen molar-refractivity contribution < 1.29 is 9.59 Å². The molecule has 0 radical (unpaired) electrons. The summed E-state index contributed by atoms with van der Waals surface area (Å²) in [5, 5.41) is 0. The molecule has 3 fully saturated rings. The van der Waals surface area contributed by atoms with Crippen LogP contribution in [-0.4, -0.2) is 29.2 Å². The monoisotopic (exact) mass is 395 g/mol. The third-order valence-corrected chi connectivity index (χ3v) is 7.93. The van der Waals surface area contributed by atoms with E-state index >= 15 is 0 Å². The van der Waals surface area contributed by atoms with Gasteiger partial charge in [0, 0.05) is 25.4 Å². The quantitative estimate of drug-likeness (QED) is 0.609. The van der Waals surface area contributed by atoms with E-state index in [4.69, 9.17) is 0 Å². The zero-order chi connectivity index (χ0) is 20.1. The molecule has 3 nitrogen and oxygen atoms in total. The van der Waals surface area contributed by atoms with Gasteiger partial charge in [-0.1, -0.05) is 62.4 Å². The van der Waals surface area contributed by atoms with Gasteiger partial charge in [0.1, 0.15) is 5.78 Å². The highest BCUT2D eigenvalue weighted by Crippen LogP contribution is 2.41. The van der Waals surface area contributed by atoms with Crippen molar-refractivity contribution in [3.63, 3.8) is 0 Å². The van der Waals surface area contributed by atoms with Crippen molar-refractivity contribution in [3.05, 3.63) is 35.9 Å². The number of amides is 1. The van der Waals surface area contributed by atoms with Crippen LogP contribution in [0.25, 0.3) is 0 Å². The molecule has 1 heterocycles. The summed E-state index contributed by atoms with van der Waals surface area (Å²) in [4.78, 5) is 28.5. The molecule has 3 aliphatic rings. The summed E-state index contributed by atoms with van der Waals surface area (Å²) in [6.45, 7) is 0.932. The van der Waals surface area contributed by atoms with Gasteiger partial charge in [-0.25, -0.2) is 0 Å². The van der Waals surface area contributed by atoms with Gasteiger partial charge in [-0.15, -0.1) is 0 Å². The van der Waals surface area contributed by atoms with Gasteiger partial charge in [0.15, 0.2) is 0 Å². The van der Waals surface area contributed by atoms with E-state index in [-0.39, 0.29) is 5.41 Å². The molecule has 3 heteroatoms. The average Bonchev–Trinajstić information content (AvgIpc) is 2.79. The summed E-state index contributed by atoms with van der Waals surface area (Å²) in [5.41, 5.74) is 0.888. The summed E-state index contributed by atoms with van der Waals surface area (Å²) >= 11 is 0. The number of piperidine rings is 1. The van der Waals surface area contributed by atoms with E-state index in [2.05, 4.69) is 29.2 Å². The highest BCUT2D eigenvalue weighted by molar-refractivity contribution is 5.90. The number of hydrogen-bond donors (Lipinski definition) is 0. The summed E-state index contributed by atoms with van der Waals surface area (Å²) in [7, 11) is 0. The Morgan fingerprint density at radius 2 is 1.59 bits per heavy atom. The smallest absolute Gasteiger partial charge is 0.222 e. The minimum absolute atomic E-state index is 0.298. The molecule has 1 aromatic rings. The second-order valence-corrected chi connectivity index (χ2v) is 9.63. The standard InChI is InChI=1S/C26H37NO2/c28-24(26(18-7-2-8-19-26)22-13-3-1-4-14-22)16-9-17-25(29)27-20-10-12-21-11-5-6-15-23(21)27/h1,3-4,13-14,21,23H,2,5-12,15-20H2. The SMILES string of the molecule is O=C(CCCC(=O)C1(c2ccccc2)CCCCC1)N1CCCC2CCCCC21. The fourth-order valence-corrected chi connectivity index (χ4v) is 6.36. The van der Waals surface area contributed by atoms with E-state index < -0.39 is 0 Å². The van der Waals surface area contributed by atoms with E-state index in [1.807, 2.05) is 6.07 Å². The minimum atomic E-state index is -0.303. The van der Waals surface area contributed by atoms with Gasteiger partial charge >= 0.3 is 0 Å². The van der Waals surface area contributed by atoms with Crippen LogP contribution in [0.4, 0.5) is 0 Å². The first-order valence-corrected chi connectivity index (χ1v) is 12.1. The Bertz CT molecular complexity index is 690. The summed E-state index contributed by atoms with van der Waals surface area (Å²) < 4.78 is 0. The number of ketones is 1. The van der Waals surface area contributed by atoms with E-state index in [0.29, 0.717) is 37.0 Å². The summed E-state index contributed by atoms with van der Waals surface area (Å²) in [5.74, 6) is 1.39. The van der Waals surface area contributed by atoms with E-state index in [9.17, 15) is 9.59 Å². The van der Waals surface area contributed by atoms with Crippen molar-refractivity contribution in [1.29, 1.82) is 0 Å². The molecule has 2 aliphatic carbocycles. The largest absolute Gasteiger partial charge is 0.339 e. The van der Waals surface area contributed by atoms with Crippen LogP contribution in [0.2, 0.25) is 0 Å². The fraction of sp³-hybridized carbons (Fsp3) is 0.692. The highest BCUT2D eigenvalue weighted by atomic mass is 16.2. The fourth-order valence-electron chi connectivity index (χ4n) is 6.36. The highest BCUT2D eigenvalue weighted by Gasteiger charge is 2.40. The van der Waals surface area contributed by atoms with Crippen molar-refractivity contribution >= 4 is 11.7 Å². The van der Waals surface area contributed by atoms with Gasteiger partial charge < -0.3 is 4.90 Å². The van der Waals surface area contributed by atoms with Crippen molar-refractivity contribution in [3.8, 4) is 0 Å². The number of carbonyl (C=O) groups excluding carboxylic acids is 2. The Morgan fingerprint density at radius 3 is 2.38 bits per heavy atom. The molecule has 4 rings (SSSR count). The molecule has 0 bridgehead atoms. The Labute approximate surface area is 176 Å². The van der Waals surface area contributed by atoms with Gasteiger partial charge in [0.2, 0.25) is 5.91 Å². The van der Waals surface area contributed by atoms with Crippen LogP contribution < -0.4 is 0 Å². The third kappa shape index (κ3) is 4.44. The normalized spacial score (nSPS) is 26.6. The van der Waals surface area contributed by atoms with Gasteiger partial charge in [-0.3, -0.25) is 9.59 Å². The number of nitrogens with zero attached hydrogens (tertiary/aromatic N) is 1. The maximum absolute atomic E-state index is 13.4. The van der Waals surface area contributed by atoms with E-state index in [1.165, 1.54) is 44.1 Å². The molecule has 1 aliphatic heterocycles. The Hall–Kier alpha value is -1.64. The van der Waals surface area contributed by atoms with E-state index in [0.717, 1.165) is 44.6 Å². The van der Waals surface area contributed by atoms with Gasteiger partial charge in [0.05, 0.1) is 5.41 Å². The second-order valence-electron chi connectivity index (χ2n) is 9.63. The molecule has 2 atom stereocenters.